The summed E-state index contributed by atoms with van der Waals surface area (Å²) in [6.45, 7) is -0.295. The van der Waals surface area contributed by atoms with Crippen molar-refractivity contribution in [3.8, 4) is 5.88 Å². The summed E-state index contributed by atoms with van der Waals surface area (Å²) in [5.74, 6) is -4.24. The molecule has 1 N–H and O–H groups in total. The first-order chi connectivity index (χ1) is 8.50. The molecule has 0 aromatic carbocycles. The minimum absolute atomic E-state index is 0.0625. The molecule has 100 valence electrons. The average molecular weight is 265 g/mol. The SMILES string of the molecule is FC(F)C(F)(F)COc1ncnc2c1CNCC2. The molecule has 0 unspecified atom stereocenters. The van der Waals surface area contributed by atoms with Crippen LogP contribution in [0.4, 0.5) is 17.6 Å². The van der Waals surface area contributed by atoms with Crippen molar-refractivity contribution in [3.63, 3.8) is 0 Å². The maximum atomic E-state index is 12.7. The highest BCUT2D eigenvalue weighted by atomic mass is 19.3. The Balaban J connectivity index is 2.10. The first-order valence-corrected chi connectivity index (χ1v) is 5.33. The quantitative estimate of drug-likeness (QED) is 0.836. The van der Waals surface area contributed by atoms with Crippen LogP contribution >= 0.6 is 0 Å². The van der Waals surface area contributed by atoms with Gasteiger partial charge in [0.25, 0.3) is 0 Å². The van der Waals surface area contributed by atoms with Crippen LogP contribution in [0, 0.1) is 0 Å². The molecule has 8 heteroatoms. The Hall–Kier alpha value is -1.44. The van der Waals surface area contributed by atoms with E-state index in [-0.39, 0.29) is 5.88 Å². The minimum Gasteiger partial charge on any atom is -0.471 e. The molecule has 2 heterocycles. The zero-order valence-corrected chi connectivity index (χ0v) is 9.30. The topological polar surface area (TPSA) is 47.0 Å². The van der Waals surface area contributed by atoms with Gasteiger partial charge in [0, 0.05) is 25.1 Å². The molecule has 0 saturated heterocycles. The van der Waals surface area contributed by atoms with Crippen molar-refractivity contribution in [2.75, 3.05) is 13.2 Å². The second-order valence-corrected chi connectivity index (χ2v) is 3.88. The molecule has 1 aliphatic rings. The monoisotopic (exact) mass is 265 g/mol. The molecule has 1 aromatic heterocycles. The van der Waals surface area contributed by atoms with Gasteiger partial charge in [0.2, 0.25) is 5.88 Å². The third kappa shape index (κ3) is 2.69. The number of halogens is 4. The lowest BCUT2D eigenvalue weighted by atomic mass is 10.1. The largest absolute Gasteiger partial charge is 0.471 e. The van der Waals surface area contributed by atoms with Crippen LogP contribution in [0.1, 0.15) is 11.3 Å². The van der Waals surface area contributed by atoms with Gasteiger partial charge in [0.05, 0.1) is 5.69 Å². The highest BCUT2D eigenvalue weighted by Crippen LogP contribution is 2.26. The number of alkyl halides is 4. The van der Waals surface area contributed by atoms with Gasteiger partial charge in [-0.3, -0.25) is 0 Å². The fourth-order valence-corrected chi connectivity index (χ4v) is 1.60. The van der Waals surface area contributed by atoms with Gasteiger partial charge in [-0.1, -0.05) is 0 Å². The van der Waals surface area contributed by atoms with E-state index in [0.717, 1.165) is 6.54 Å². The number of aromatic nitrogens is 2. The highest BCUT2D eigenvalue weighted by Gasteiger charge is 2.42. The van der Waals surface area contributed by atoms with E-state index in [1.165, 1.54) is 6.33 Å². The van der Waals surface area contributed by atoms with Crippen LogP contribution in [0.3, 0.4) is 0 Å². The number of hydrogen-bond acceptors (Lipinski definition) is 4. The van der Waals surface area contributed by atoms with Crippen LogP contribution in [0.5, 0.6) is 5.88 Å². The summed E-state index contributed by atoms with van der Waals surface area (Å²) in [5, 5.41) is 3.01. The lowest BCUT2D eigenvalue weighted by molar-refractivity contribution is -0.148. The van der Waals surface area contributed by atoms with Crippen LogP contribution in [0.25, 0.3) is 0 Å². The molecule has 4 nitrogen and oxygen atoms in total. The van der Waals surface area contributed by atoms with Crippen molar-refractivity contribution in [2.45, 2.75) is 25.3 Å². The minimum atomic E-state index is -4.18. The van der Waals surface area contributed by atoms with Gasteiger partial charge >= 0.3 is 12.3 Å². The van der Waals surface area contributed by atoms with E-state index in [2.05, 4.69) is 15.3 Å². The van der Waals surface area contributed by atoms with E-state index < -0.39 is 19.0 Å². The van der Waals surface area contributed by atoms with E-state index in [0.29, 0.717) is 24.2 Å². The highest BCUT2D eigenvalue weighted by molar-refractivity contribution is 5.31. The molecule has 0 saturated carbocycles. The van der Waals surface area contributed by atoms with Gasteiger partial charge in [-0.2, -0.15) is 8.78 Å². The van der Waals surface area contributed by atoms with Crippen LogP contribution in [-0.2, 0) is 13.0 Å². The van der Waals surface area contributed by atoms with Gasteiger partial charge in [0.1, 0.15) is 6.33 Å². The Morgan fingerprint density at radius 1 is 1.39 bits per heavy atom. The Kier molecular flexibility index (Phi) is 3.65. The van der Waals surface area contributed by atoms with Crippen LogP contribution < -0.4 is 10.1 Å². The summed E-state index contributed by atoms with van der Waals surface area (Å²) in [4.78, 5) is 7.70. The van der Waals surface area contributed by atoms with Crippen molar-refractivity contribution in [2.24, 2.45) is 0 Å². The lowest BCUT2D eigenvalue weighted by Crippen LogP contribution is -2.34. The summed E-state index contributed by atoms with van der Waals surface area (Å²) in [6.07, 6.45) is -1.95. The third-order valence-corrected chi connectivity index (χ3v) is 2.56. The molecule has 0 bridgehead atoms. The van der Waals surface area contributed by atoms with Gasteiger partial charge < -0.3 is 10.1 Å². The van der Waals surface area contributed by atoms with E-state index in [1.54, 1.807) is 0 Å². The second kappa shape index (κ2) is 5.05. The number of hydrogen-bond donors (Lipinski definition) is 1. The zero-order chi connectivity index (χ0) is 13.2. The molecule has 18 heavy (non-hydrogen) atoms. The first kappa shape index (κ1) is 13.0. The summed E-state index contributed by atoms with van der Waals surface area (Å²) < 4.78 is 54.1. The van der Waals surface area contributed by atoms with E-state index in [1.807, 2.05) is 0 Å². The van der Waals surface area contributed by atoms with Crippen LogP contribution in [0.2, 0.25) is 0 Å². The fraction of sp³-hybridized carbons (Fsp3) is 0.600. The molecule has 1 aliphatic heterocycles. The van der Waals surface area contributed by atoms with Crippen molar-refractivity contribution < 1.29 is 22.3 Å². The molecule has 0 atom stereocenters. The van der Waals surface area contributed by atoms with Crippen molar-refractivity contribution >= 4 is 0 Å². The number of nitrogens with one attached hydrogen (secondary N) is 1. The van der Waals surface area contributed by atoms with Gasteiger partial charge in [-0.15, -0.1) is 0 Å². The summed E-state index contributed by atoms with van der Waals surface area (Å²) in [5.41, 5.74) is 1.24. The summed E-state index contributed by atoms with van der Waals surface area (Å²) >= 11 is 0. The van der Waals surface area contributed by atoms with Gasteiger partial charge in [0.15, 0.2) is 6.61 Å². The Labute approximate surface area is 100 Å². The fourth-order valence-electron chi connectivity index (χ4n) is 1.60. The predicted molar refractivity (Wildman–Crippen MR) is 53.9 cm³/mol. The molecule has 0 fully saturated rings. The van der Waals surface area contributed by atoms with Crippen LogP contribution in [0.15, 0.2) is 6.33 Å². The number of nitrogens with zero attached hydrogens (tertiary/aromatic N) is 2. The van der Waals surface area contributed by atoms with Gasteiger partial charge in [-0.25, -0.2) is 18.7 Å². The third-order valence-electron chi connectivity index (χ3n) is 2.56. The Morgan fingerprint density at radius 2 is 2.17 bits per heavy atom. The number of fused-ring (bicyclic) bond motifs is 1. The molecule has 0 amide bonds. The predicted octanol–water partition coefficient (Wildman–Crippen LogP) is 1.40. The number of ether oxygens (including phenoxy) is 1. The maximum absolute atomic E-state index is 12.7. The van der Waals surface area contributed by atoms with E-state index in [4.69, 9.17) is 4.74 Å². The molecule has 0 spiro atoms. The molecule has 1 aromatic rings. The zero-order valence-electron chi connectivity index (χ0n) is 9.30. The van der Waals surface area contributed by atoms with Crippen molar-refractivity contribution in [3.05, 3.63) is 17.6 Å². The van der Waals surface area contributed by atoms with Crippen molar-refractivity contribution in [1.82, 2.24) is 15.3 Å². The van der Waals surface area contributed by atoms with E-state index >= 15 is 0 Å². The molecule has 0 radical (unpaired) electrons. The van der Waals surface area contributed by atoms with Crippen LogP contribution in [-0.4, -0.2) is 35.5 Å². The van der Waals surface area contributed by atoms with E-state index in [9.17, 15) is 17.6 Å². The van der Waals surface area contributed by atoms with Crippen molar-refractivity contribution in [1.29, 1.82) is 0 Å². The maximum Gasteiger partial charge on any atom is 0.340 e. The Bertz CT molecular complexity index is 428. The normalized spacial score (nSPS) is 15.6. The number of rotatable bonds is 4. The average Bonchev–Trinajstić information content (AvgIpc) is 2.36. The summed E-state index contributed by atoms with van der Waals surface area (Å²) in [7, 11) is 0. The summed E-state index contributed by atoms with van der Waals surface area (Å²) in [6, 6.07) is 0. The van der Waals surface area contributed by atoms with Gasteiger partial charge in [-0.05, 0) is 0 Å². The lowest BCUT2D eigenvalue weighted by Gasteiger charge is -2.20. The molecular formula is C10H11F4N3O. The smallest absolute Gasteiger partial charge is 0.340 e. The Morgan fingerprint density at radius 3 is 2.89 bits per heavy atom. The molecular weight excluding hydrogens is 254 g/mol. The standard InChI is InChI=1S/C10H11F4N3O/c11-9(12)10(13,14)4-18-8-6-3-15-2-1-7(6)16-5-17-8/h5,9,15H,1-4H2. The first-order valence-electron chi connectivity index (χ1n) is 5.33. The molecule has 0 aliphatic carbocycles. The molecule has 2 rings (SSSR count). The second-order valence-electron chi connectivity index (χ2n) is 3.88.